The molecule has 1 atom stereocenters. The largest absolute Gasteiger partial charge is 0.480 e. The number of aliphatic carboxylic acids is 1. The van der Waals surface area contributed by atoms with Gasteiger partial charge in [0.1, 0.15) is 17.9 Å². The molecular formula is C11H11NO3. The molecule has 0 spiro atoms. The molecule has 0 aromatic heterocycles. The van der Waals surface area contributed by atoms with Crippen LogP contribution in [0.3, 0.4) is 0 Å². The third-order valence-corrected chi connectivity index (χ3v) is 1.87. The second kappa shape index (κ2) is 5.03. The van der Waals surface area contributed by atoms with Crippen molar-refractivity contribution in [1.82, 2.24) is 0 Å². The minimum atomic E-state index is -1.01. The van der Waals surface area contributed by atoms with E-state index in [2.05, 4.69) is 0 Å². The molecule has 3 N–H and O–H groups in total. The molecular weight excluding hydrogens is 194 g/mol. The van der Waals surface area contributed by atoms with Crippen molar-refractivity contribution in [2.75, 3.05) is 0 Å². The van der Waals surface area contributed by atoms with Crippen LogP contribution in [0.1, 0.15) is 5.56 Å². The highest BCUT2D eigenvalue weighted by molar-refractivity contribution is 5.73. The SMILES string of the molecule is C#COc1ccc(C[C@H](N)C(=O)O)cc1. The zero-order valence-electron chi connectivity index (χ0n) is 8.01. The molecule has 1 aromatic carbocycles. The number of carbonyl (C=O) groups is 1. The Hall–Kier alpha value is -1.99. The van der Waals surface area contributed by atoms with Gasteiger partial charge in [0.25, 0.3) is 0 Å². The van der Waals surface area contributed by atoms with Gasteiger partial charge in [0.2, 0.25) is 0 Å². The van der Waals surface area contributed by atoms with Gasteiger partial charge in [-0.3, -0.25) is 4.79 Å². The molecule has 0 fully saturated rings. The number of rotatable bonds is 4. The Balaban J connectivity index is 2.65. The maximum absolute atomic E-state index is 10.5. The lowest BCUT2D eigenvalue weighted by molar-refractivity contribution is -0.138. The van der Waals surface area contributed by atoms with Crippen molar-refractivity contribution in [3.63, 3.8) is 0 Å². The highest BCUT2D eigenvalue weighted by atomic mass is 16.5. The van der Waals surface area contributed by atoms with Crippen molar-refractivity contribution in [1.29, 1.82) is 0 Å². The van der Waals surface area contributed by atoms with E-state index in [-0.39, 0.29) is 6.42 Å². The normalized spacial score (nSPS) is 11.5. The zero-order chi connectivity index (χ0) is 11.3. The van der Waals surface area contributed by atoms with Crippen molar-refractivity contribution in [2.45, 2.75) is 12.5 Å². The lowest BCUT2D eigenvalue weighted by Crippen LogP contribution is -2.32. The van der Waals surface area contributed by atoms with Crippen LogP contribution < -0.4 is 10.5 Å². The molecule has 0 aliphatic rings. The summed E-state index contributed by atoms with van der Waals surface area (Å²) < 4.78 is 4.79. The summed E-state index contributed by atoms with van der Waals surface area (Å²) in [4.78, 5) is 10.5. The zero-order valence-corrected chi connectivity index (χ0v) is 8.01. The van der Waals surface area contributed by atoms with Crippen LogP contribution in [0.2, 0.25) is 0 Å². The van der Waals surface area contributed by atoms with Gasteiger partial charge in [0, 0.05) is 0 Å². The predicted octanol–water partition coefficient (Wildman–Crippen LogP) is 0.610. The number of carboxylic acid groups (broad SMARTS) is 1. The highest BCUT2D eigenvalue weighted by Crippen LogP contribution is 2.12. The van der Waals surface area contributed by atoms with Crippen LogP contribution >= 0.6 is 0 Å². The average molecular weight is 205 g/mol. The van der Waals surface area contributed by atoms with E-state index in [1.165, 1.54) is 0 Å². The van der Waals surface area contributed by atoms with Gasteiger partial charge in [0.05, 0.1) is 0 Å². The second-order valence-corrected chi connectivity index (χ2v) is 3.01. The number of nitrogens with two attached hydrogens (primary N) is 1. The Morgan fingerprint density at radius 3 is 2.60 bits per heavy atom. The molecule has 0 radical (unpaired) electrons. The van der Waals surface area contributed by atoms with E-state index in [1.807, 2.05) is 6.11 Å². The van der Waals surface area contributed by atoms with Crippen LogP contribution in [0.5, 0.6) is 5.75 Å². The van der Waals surface area contributed by atoms with E-state index in [1.54, 1.807) is 24.3 Å². The number of carboxylic acids is 1. The maximum Gasteiger partial charge on any atom is 0.320 e. The van der Waals surface area contributed by atoms with Crippen LogP contribution in [-0.2, 0) is 11.2 Å². The smallest absolute Gasteiger partial charge is 0.320 e. The van der Waals surface area contributed by atoms with Crippen molar-refractivity contribution >= 4 is 5.97 Å². The van der Waals surface area contributed by atoms with E-state index >= 15 is 0 Å². The van der Waals surface area contributed by atoms with Gasteiger partial charge in [-0.25, -0.2) is 0 Å². The van der Waals surface area contributed by atoms with Crippen LogP contribution in [0, 0.1) is 12.5 Å². The summed E-state index contributed by atoms with van der Waals surface area (Å²) in [6, 6.07) is 5.92. The fourth-order valence-electron chi connectivity index (χ4n) is 1.10. The molecule has 0 saturated carbocycles. The first kappa shape index (κ1) is 11.1. The molecule has 0 saturated heterocycles. The Morgan fingerprint density at radius 1 is 1.53 bits per heavy atom. The highest BCUT2D eigenvalue weighted by Gasteiger charge is 2.11. The van der Waals surface area contributed by atoms with Gasteiger partial charge in [-0.2, -0.15) is 0 Å². The van der Waals surface area contributed by atoms with Crippen LogP contribution in [0.4, 0.5) is 0 Å². The van der Waals surface area contributed by atoms with Gasteiger partial charge in [-0.15, -0.1) is 0 Å². The molecule has 0 amide bonds. The third-order valence-electron chi connectivity index (χ3n) is 1.87. The standard InChI is InChI=1S/C11H11NO3/c1-2-15-9-5-3-8(4-6-9)7-10(12)11(13)14/h1,3-6,10H,7,12H2,(H,13,14)/t10-/m0/s1. The lowest BCUT2D eigenvalue weighted by Gasteiger charge is -2.06. The number of ether oxygens (including phenoxy) is 1. The molecule has 0 unspecified atom stereocenters. The van der Waals surface area contributed by atoms with Gasteiger partial charge in [0.15, 0.2) is 0 Å². The first-order valence-corrected chi connectivity index (χ1v) is 4.33. The van der Waals surface area contributed by atoms with Crippen LogP contribution in [0.15, 0.2) is 24.3 Å². The van der Waals surface area contributed by atoms with E-state index in [0.717, 1.165) is 5.56 Å². The molecule has 4 nitrogen and oxygen atoms in total. The van der Waals surface area contributed by atoms with E-state index in [0.29, 0.717) is 5.75 Å². The minimum absolute atomic E-state index is 0.283. The molecule has 0 aliphatic carbocycles. The van der Waals surface area contributed by atoms with Gasteiger partial charge >= 0.3 is 5.97 Å². The summed E-state index contributed by atoms with van der Waals surface area (Å²) in [6.45, 7) is 0. The summed E-state index contributed by atoms with van der Waals surface area (Å²) >= 11 is 0. The Kier molecular flexibility index (Phi) is 3.72. The fraction of sp³-hybridized carbons (Fsp3) is 0.182. The minimum Gasteiger partial charge on any atom is -0.480 e. The van der Waals surface area contributed by atoms with E-state index in [9.17, 15) is 4.79 Å². The van der Waals surface area contributed by atoms with Gasteiger partial charge < -0.3 is 15.6 Å². The topological polar surface area (TPSA) is 72.5 Å². The van der Waals surface area contributed by atoms with Crippen LogP contribution in [-0.4, -0.2) is 17.1 Å². The molecule has 4 heteroatoms. The average Bonchev–Trinajstić information content (AvgIpc) is 2.21. The molecule has 78 valence electrons. The van der Waals surface area contributed by atoms with Crippen molar-refractivity contribution in [3.8, 4) is 18.3 Å². The molecule has 0 aliphatic heterocycles. The molecule has 0 bridgehead atoms. The Bertz CT molecular complexity index is 378. The maximum atomic E-state index is 10.5. The first-order valence-electron chi connectivity index (χ1n) is 4.33. The summed E-state index contributed by atoms with van der Waals surface area (Å²) in [5.41, 5.74) is 6.21. The summed E-state index contributed by atoms with van der Waals surface area (Å²) in [7, 11) is 0. The van der Waals surface area contributed by atoms with Crippen molar-refractivity contribution in [3.05, 3.63) is 29.8 Å². The first-order chi connectivity index (χ1) is 7.13. The van der Waals surface area contributed by atoms with Gasteiger partial charge in [-0.05, 0) is 24.1 Å². The molecule has 0 heterocycles. The quantitative estimate of drug-likeness (QED) is 0.706. The molecule has 1 aromatic rings. The van der Waals surface area contributed by atoms with Gasteiger partial charge in [-0.1, -0.05) is 18.6 Å². The number of terminal acetylenes is 1. The van der Waals surface area contributed by atoms with E-state index in [4.69, 9.17) is 22.0 Å². The Morgan fingerprint density at radius 2 is 2.13 bits per heavy atom. The van der Waals surface area contributed by atoms with Crippen molar-refractivity contribution in [2.24, 2.45) is 5.73 Å². The fourth-order valence-corrected chi connectivity index (χ4v) is 1.10. The summed E-state index contributed by atoms with van der Waals surface area (Å²) in [5, 5.41) is 8.61. The number of hydrogen-bond acceptors (Lipinski definition) is 3. The lowest BCUT2D eigenvalue weighted by atomic mass is 10.1. The second-order valence-electron chi connectivity index (χ2n) is 3.01. The van der Waals surface area contributed by atoms with Crippen LogP contribution in [0.25, 0.3) is 0 Å². The molecule has 15 heavy (non-hydrogen) atoms. The summed E-state index contributed by atoms with van der Waals surface area (Å²) in [5.74, 6) is -0.468. The molecule has 1 rings (SSSR count). The summed E-state index contributed by atoms with van der Waals surface area (Å²) in [6.07, 6.45) is 7.28. The third kappa shape index (κ3) is 3.33. The Labute approximate surface area is 87.7 Å². The number of benzene rings is 1. The predicted molar refractivity (Wildman–Crippen MR) is 55.2 cm³/mol. The number of hydrogen-bond donors (Lipinski definition) is 2. The van der Waals surface area contributed by atoms with E-state index < -0.39 is 12.0 Å². The monoisotopic (exact) mass is 205 g/mol. The van der Waals surface area contributed by atoms with Crippen molar-refractivity contribution < 1.29 is 14.6 Å².